The smallest absolute Gasteiger partial charge is 0.293 e. The molecule has 0 unspecified atom stereocenters. The van der Waals surface area contributed by atoms with Crippen molar-refractivity contribution in [2.24, 2.45) is 0 Å². The summed E-state index contributed by atoms with van der Waals surface area (Å²) in [5.74, 6) is 0.0717. The number of amides is 1. The first kappa shape index (κ1) is 24.7. The van der Waals surface area contributed by atoms with Gasteiger partial charge in [0, 0.05) is 37.2 Å². The van der Waals surface area contributed by atoms with Crippen molar-refractivity contribution < 1.29 is 22.9 Å². The number of anilines is 2. The summed E-state index contributed by atoms with van der Waals surface area (Å²) in [7, 11) is -1.72. The number of nitro groups is 1. The van der Waals surface area contributed by atoms with Crippen LogP contribution in [0.3, 0.4) is 0 Å². The Bertz CT molecular complexity index is 1280. The third-order valence-electron chi connectivity index (χ3n) is 4.98. The maximum Gasteiger partial charge on any atom is 0.293 e. The van der Waals surface area contributed by atoms with Crippen LogP contribution in [0, 0.1) is 10.1 Å². The molecule has 0 saturated heterocycles. The van der Waals surface area contributed by atoms with Gasteiger partial charge in [-0.25, -0.2) is 8.42 Å². The van der Waals surface area contributed by atoms with E-state index in [0.717, 1.165) is 6.26 Å². The number of carbonyl (C=O) groups is 1. The van der Waals surface area contributed by atoms with Gasteiger partial charge in [0.2, 0.25) is 0 Å². The largest absolute Gasteiger partial charge is 0.493 e. The highest BCUT2D eigenvalue weighted by molar-refractivity contribution is 7.90. The van der Waals surface area contributed by atoms with E-state index in [1.54, 1.807) is 37.4 Å². The second-order valence-electron chi connectivity index (χ2n) is 7.66. The summed E-state index contributed by atoms with van der Waals surface area (Å²) in [4.78, 5) is 25.5. The minimum Gasteiger partial charge on any atom is -0.493 e. The van der Waals surface area contributed by atoms with E-state index in [-0.39, 0.29) is 28.7 Å². The quantitative estimate of drug-likeness (QED) is 0.260. The van der Waals surface area contributed by atoms with Crippen LogP contribution in [-0.2, 0) is 9.84 Å². The molecule has 10 heteroatoms. The molecule has 1 N–H and O–H groups in total. The second kappa shape index (κ2) is 10.8. The molecule has 0 fully saturated rings. The number of sulfone groups is 1. The molecule has 0 aliphatic carbocycles. The topological polar surface area (TPSA) is 119 Å². The molecule has 0 saturated carbocycles. The van der Waals surface area contributed by atoms with Crippen molar-refractivity contribution >= 4 is 32.8 Å². The van der Waals surface area contributed by atoms with E-state index in [9.17, 15) is 23.3 Å². The standard InChI is InChI=1S/C24H25N3O6S/c1-26(14-7-15-33-20-10-6-11-21(17-20)34(2,31)32)24(28)18-12-13-22(23(16-18)27(29)30)25-19-8-4-3-5-9-19/h3-6,8-13,16-17,25H,7,14-15H2,1-2H3. The first-order valence-corrected chi connectivity index (χ1v) is 12.3. The Morgan fingerprint density at radius 1 is 1.06 bits per heavy atom. The third kappa shape index (κ3) is 6.55. The predicted octanol–water partition coefficient (Wildman–Crippen LogP) is 4.28. The van der Waals surface area contributed by atoms with Crippen LogP contribution in [0.2, 0.25) is 0 Å². The number of hydrogen-bond donors (Lipinski definition) is 1. The number of nitro benzene ring substituents is 1. The van der Waals surface area contributed by atoms with Gasteiger partial charge in [0.25, 0.3) is 11.6 Å². The van der Waals surface area contributed by atoms with Crippen LogP contribution in [0.4, 0.5) is 17.1 Å². The molecule has 1 amide bonds. The van der Waals surface area contributed by atoms with Crippen LogP contribution < -0.4 is 10.1 Å². The normalized spacial score (nSPS) is 11.0. The molecule has 9 nitrogen and oxygen atoms in total. The number of rotatable bonds is 10. The van der Waals surface area contributed by atoms with Gasteiger partial charge in [0.05, 0.1) is 16.4 Å². The van der Waals surface area contributed by atoms with Crippen molar-refractivity contribution in [1.82, 2.24) is 4.90 Å². The SMILES string of the molecule is CN(CCCOc1cccc(S(C)(=O)=O)c1)C(=O)c1ccc(Nc2ccccc2)c([N+](=O)[O-])c1. The van der Waals surface area contributed by atoms with Crippen LogP contribution in [0.25, 0.3) is 0 Å². The van der Waals surface area contributed by atoms with Gasteiger partial charge < -0.3 is 15.0 Å². The number of benzene rings is 3. The van der Waals surface area contributed by atoms with E-state index in [2.05, 4.69) is 5.32 Å². The highest BCUT2D eigenvalue weighted by atomic mass is 32.2. The number of ether oxygens (including phenoxy) is 1. The molecule has 0 aromatic heterocycles. The van der Waals surface area contributed by atoms with Crippen LogP contribution in [0.15, 0.2) is 77.7 Å². The summed E-state index contributed by atoms with van der Waals surface area (Å²) in [6, 6.07) is 19.6. The lowest BCUT2D eigenvalue weighted by Gasteiger charge is -2.18. The Morgan fingerprint density at radius 2 is 1.79 bits per heavy atom. The molecule has 0 radical (unpaired) electrons. The molecule has 3 aromatic carbocycles. The van der Waals surface area contributed by atoms with Crippen LogP contribution in [-0.4, -0.2) is 50.6 Å². The van der Waals surface area contributed by atoms with E-state index < -0.39 is 14.8 Å². The second-order valence-corrected chi connectivity index (χ2v) is 9.67. The van der Waals surface area contributed by atoms with Gasteiger partial charge in [-0.2, -0.15) is 0 Å². The van der Waals surface area contributed by atoms with Crippen molar-refractivity contribution in [1.29, 1.82) is 0 Å². The number of hydrogen-bond acceptors (Lipinski definition) is 7. The average molecular weight is 484 g/mol. The average Bonchev–Trinajstić information content (AvgIpc) is 2.81. The lowest BCUT2D eigenvalue weighted by Crippen LogP contribution is -2.28. The number of nitrogens with one attached hydrogen (secondary N) is 1. The molecule has 0 aliphatic rings. The molecular weight excluding hydrogens is 458 g/mol. The first-order chi connectivity index (χ1) is 16.1. The van der Waals surface area contributed by atoms with Gasteiger partial charge in [-0.1, -0.05) is 24.3 Å². The lowest BCUT2D eigenvalue weighted by molar-refractivity contribution is -0.383. The van der Waals surface area contributed by atoms with E-state index in [4.69, 9.17) is 4.74 Å². The van der Waals surface area contributed by atoms with E-state index >= 15 is 0 Å². The predicted molar refractivity (Wildman–Crippen MR) is 129 cm³/mol. The minimum absolute atomic E-state index is 0.170. The Labute approximate surface area is 198 Å². The van der Waals surface area contributed by atoms with E-state index in [0.29, 0.717) is 30.1 Å². The fourth-order valence-electron chi connectivity index (χ4n) is 3.21. The molecule has 3 rings (SSSR count). The van der Waals surface area contributed by atoms with Crippen molar-refractivity contribution in [3.8, 4) is 5.75 Å². The fourth-order valence-corrected chi connectivity index (χ4v) is 3.86. The molecule has 0 spiro atoms. The van der Waals surface area contributed by atoms with Crippen LogP contribution in [0.1, 0.15) is 16.8 Å². The third-order valence-corrected chi connectivity index (χ3v) is 6.09. The van der Waals surface area contributed by atoms with E-state index in [1.807, 2.05) is 18.2 Å². The van der Waals surface area contributed by atoms with Gasteiger partial charge in [0.15, 0.2) is 9.84 Å². The molecule has 34 heavy (non-hydrogen) atoms. The maximum absolute atomic E-state index is 12.8. The van der Waals surface area contributed by atoms with Gasteiger partial charge in [-0.15, -0.1) is 0 Å². The summed E-state index contributed by atoms with van der Waals surface area (Å²) in [5, 5.41) is 14.6. The Balaban J connectivity index is 1.59. The molecule has 178 valence electrons. The lowest BCUT2D eigenvalue weighted by atomic mass is 10.1. The maximum atomic E-state index is 12.8. The van der Waals surface area contributed by atoms with Gasteiger partial charge in [-0.05, 0) is 48.9 Å². The molecule has 0 aliphatic heterocycles. The molecule has 0 bridgehead atoms. The zero-order valence-corrected chi connectivity index (χ0v) is 19.6. The molecule has 3 aromatic rings. The van der Waals surface area contributed by atoms with Gasteiger partial charge >= 0.3 is 0 Å². The van der Waals surface area contributed by atoms with Gasteiger partial charge in [-0.3, -0.25) is 14.9 Å². The molecule has 0 heterocycles. The van der Waals surface area contributed by atoms with Crippen LogP contribution in [0.5, 0.6) is 5.75 Å². The molecule has 0 atom stereocenters. The van der Waals surface area contributed by atoms with Crippen molar-refractivity contribution in [2.75, 3.05) is 31.8 Å². The Morgan fingerprint density at radius 3 is 2.47 bits per heavy atom. The zero-order valence-electron chi connectivity index (χ0n) is 18.8. The Hall–Kier alpha value is -3.92. The summed E-state index contributed by atoms with van der Waals surface area (Å²) in [6.07, 6.45) is 1.61. The zero-order chi connectivity index (χ0) is 24.7. The minimum atomic E-state index is -3.33. The fraction of sp³-hybridized carbons (Fsp3) is 0.208. The monoisotopic (exact) mass is 483 g/mol. The van der Waals surface area contributed by atoms with Gasteiger partial charge in [0.1, 0.15) is 11.4 Å². The number of nitrogens with zero attached hydrogens (tertiary/aromatic N) is 2. The number of carbonyl (C=O) groups excluding carboxylic acids is 1. The van der Waals surface area contributed by atoms with Crippen LogP contribution >= 0.6 is 0 Å². The number of para-hydroxylation sites is 1. The summed E-state index contributed by atoms with van der Waals surface area (Å²) in [5.41, 5.74) is 0.996. The Kier molecular flexibility index (Phi) is 7.85. The summed E-state index contributed by atoms with van der Waals surface area (Å²) >= 11 is 0. The highest BCUT2D eigenvalue weighted by Gasteiger charge is 2.20. The van der Waals surface area contributed by atoms with Crippen molar-refractivity contribution in [3.63, 3.8) is 0 Å². The summed E-state index contributed by atoms with van der Waals surface area (Å²) < 4.78 is 28.9. The van der Waals surface area contributed by atoms with E-state index in [1.165, 1.54) is 29.2 Å². The highest BCUT2D eigenvalue weighted by Crippen LogP contribution is 2.29. The molecular formula is C24H25N3O6S. The van der Waals surface area contributed by atoms with Crippen molar-refractivity contribution in [3.05, 3.63) is 88.5 Å². The van der Waals surface area contributed by atoms with Crippen molar-refractivity contribution in [2.45, 2.75) is 11.3 Å². The first-order valence-electron chi connectivity index (χ1n) is 10.4. The summed E-state index contributed by atoms with van der Waals surface area (Å²) in [6.45, 7) is 0.618.